The number of benzene rings is 1. The van der Waals surface area contributed by atoms with Gasteiger partial charge in [0.2, 0.25) is 0 Å². The van der Waals surface area contributed by atoms with Crippen molar-refractivity contribution in [3.05, 3.63) is 41.3 Å². The molecule has 0 aliphatic heterocycles. The van der Waals surface area contributed by atoms with Crippen LogP contribution in [-0.4, -0.2) is 48.6 Å². The molecule has 0 aliphatic rings. The van der Waals surface area contributed by atoms with E-state index in [2.05, 4.69) is 20.6 Å². The Morgan fingerprint density at radius 1 is 1.25 bits per heavy atom. The van der Waals surface area contributed by atoms with Crippen molar-refractivity contribution in [1.29, 1.82) is 5.26 Å². The first kappa shape index (κ1) is 21.3. The topological polar surface area (TPSA) is 122 Å². The first-order valence-corrected chi connectivity index (χ1v) is 8.51. The van der Waals surface area contributed by atoms with E-state index in [0.717, 1.165) is 0 Å². The van der Waals surface area contributed by atoms with Crippen LogP contribution in [0.1, 0.15) is 12.1 Å². The summed E-state index contributed by atoms with van der Waals surface area (Å²) >= 11 is 6.01. The number of anilines is 2. The molecule has 2 aromatic rings. The van der Waals surface area contributed by atoms with Crippen molar-refractivity contribution in [3.8, 4) is 11.8 Å². The largest absolute Gasteiger partial charge is 0.491 e. The number of nitrogens with zero attached hydrogens (tertiary/aromatic N) is 4. The highest BCUT2D eigenvalue weighted by Gasteiger charge is 2.11. The first-order chi connectivity index (χ1) is 13.5. The zero-order chi connectivity index (χ0) is 20.4. The summed E-state index contributed by atoms with van der Waals surface area (Å²) in [5, 5.41) is 15.6. The van der Waals surface area contributed by atoms with Gasteiger partial charge in [-0.15, -0.1) is 0 Å². The van der Waals surface area contributed by atoms with Crippen LogP contribution in [0.4, 0.5) is 16.3 Å². The number of nitrogens with one attached hydrogen (secondary N) is 2. The highest BCUT2D eigenvalue weighted by molar-refractivity contribution is 6.31. The maximum Gasteiger partial charge on any atom is 0.325 e. The van der Waals surface area contributed by atoms with E-state index >= 15 is 0 Å². The summed E-state index contributed by atoms with van der Waals surface area (Å²) in [5.41, 5.74) is 0.541. The van der Waals surface area contributed by atoms with Gasteiger partial charge in [-0.1, -0.05) is 16.8 Å². The van der Waals surface area contributed by atoms with Crippen molar-refractivity contribution in [2.75, 3.05) is 38.0 Å². The lowest BCUT2D eigenvalue weighted by Crippen LogP contribution is -2.23. The van der Waals surface area contributed by atoms with Crippen molar-refractivity contribution in [2.45, 2.75) is 6.42 Å². The lowest BCUT2D eigenvalue weighted by molar-refractivity contribution is -0.342. The minimum absolute atomic E-state index is 0.150. The van der Waals surface area contributed by atoms with Crippen LogP contribution in [0.3, 0.4) is 0 Å². The molecule has 10 nitrogen and oxygen atoms in total. The van der Waals surface area contributed by atoms with E-state index in [1.165, 1.54) is 31.8 Å². The van der Waals surface area contributed by atoms with Gasteiger partial charge in [-0.2, -0.15) is 5.26 Å². The molecule has 148 valence electrons. The number of urea groups is 1. The van der Waals surface area contributed by atoms with Gasteiger partial charge in [0.25, 0.3) is 0 Å². The van der Waals surface area contributed by atoms with Crippen molar-refractivity contribution < 1.29 is 19.2 Å². The van der Waals surface area contributed by atoms with E-state index in [9.17, 15) is 4.79 Å². The molecule has 28 heavy (non-hydrogen) atoms. The zero-order valence-corrected chi connectivity index (χ0v) is 16.1. The van der Waals surface area contributed by atoms with Gasteiger partial charge in [-0.05, 0) is 24.6 Å². The number of hydrogen-bond donors (Lipinski definition) is 2. The van der Waals surface area contributed by atoms with E-state index in [1.807, 2.05) is 6.07 Å². The number of rotatable bonds is 9. The SMILES string of the molecule is CON(CCCOc1ccc(Cl)cc1NC(=O)Nc1cnc(C#N)cn1)OC. The normalized spacial score (nSPS) is 10.4. The fraction of sp³-hybridized carbons (Fsp3) is 0.294. The first-order valence-electron chi connectivity index (χ1n) is 8.14. The van der Waals surface area contributed by atoms with E-state index in [-0.39, 0.29) is 11.5 Å². The lowest BCUT2D eigenvalue weighted by atomic mass is 10.3. The summed E-state index contributed by atoms with van der Waals surface area (Å²) in [5.74, 6) is 0.645. The number of carbonyl (C=O) groups is 1. The number of hydrogen-bond acceptors (Lipinski definition) is 8. The molecule has 0 aliphatic carbocycles. The molecular weight excluding hydrogens is 388 g/mol. The molecule has 1 heterocycles. The van der Waals surface area contributed by atoms with Crippen LogP contribution in [0.5, 0.6) is 5.75 Å². The van der Waals surface area contributed by atoms with E-state index in [4.69, 9.17) is 31.3 Å². The van der Waals surface area contributed by atoms with Crippen LogP contribution in [-0.2, 0) is 9.68 Å². The molecule has 0 saturated heterocycles. The molecule has 0 saturated carbocycles. The summed E-state index contributed by atoms with van der Waals surface area (Å²) in [4.78, 5) is 29.9. The second-order valence-electron chi connectivity index (χ2n) is 5.24. The Labute approximate surface area is 166 Å². The summed E-state index contributed by atoms with van der Waals surface area (Å²) < 4.78 is 5.71. The van der Waals surface area contributed by atoms with Crippen molar-refractivity contribution in [1.82, 2.24) is 15.2 Å². The summed E-state index contributed by atoms with van der Waals surface area (Å²) in [7, 11) is 3.00. The third kappa shape index (κ3) is 6.64. The Balaban J connectivity index is 1.95. The number of amides is 2. The number of nitriles is 1. The quantitative estimate of drug-likeness (QED) is 0.481. The fourth-order valence-electron chi connectivity index (χ4n) is 2.08. The van der Waals surface area contributed by atoms with E-state index < -0.39 is 6.03 Å². The molecule has 0 radical (unpaired) electrons. The van der Waals surface area contributed by atoms with Gasteiger partial charge >= 0.3 is 6.03 Å². The Hall–Kier alpha value is -2.97. The monoisotopic (exact) mass is 406 g/mol. The molecule has 0 unspecified atom stereocenters. The number of hydroxylamine groups is 2. The second-order valence-corrected chi connectivity index (χ2v) is 5.68. The standard InChI is InChI=1S/C17H19ClN6O4/c1-26-24(27-2)6-3-7-28-15-5-4-12(18)8-14(15)22-17(25)23-16-11-20-13(9-19)10-21-16/h4-5,8,10-11H,3,6-7H2,1-2H3,(H2,21,22,23,25). The predicted octanol–water partition coefficient (Wildman–Crippen LogP) is 2.84. The highest BCUT2D eigenvalue weighted by Crippen LogP contribution is 2.28. The maximum atomic E-state index is 12.2. The Bertz CT molecular complexity index is 823. The number of halogens is 1. The molecule has 0 atom stereocenters. The molecular formula is C17H19ClN6O4. The number of carbonyl (C=O) groups excluding carboxylic acids is 1. The Morgan fingerprint density at radius 3 is 2.68 bits per heavy atom. The minimum Gasteiger partial charge on any atom is -0.491 e. The molecule has 0 fully saturated rings. The summed E-state index contributed by atoms with van der Waals surface area (Å²) in [6, 6.07) is 6.17. The molecule has 1 aromatic heterocycles. The van der Waals surface area contributed by atoms with Crippen molar-refractivity contribution in [2.24, 2.45) is 0 Å². The average molecular weight is 407 g/mol. The van der Waals surface area contributed by atoms with Gasteiger partial charge in [0, 0.05) is 5.02 Å². The number of aromatic nitrogens is 2. The summed E-state index contributed by atoms with van der Waals surface area (Å²) in [6.07, 6.45) is 3.16. The Morgan fingerprint density at radius 2 is 2.04 bits per heavy atom. The lowest BCUT2D eigenvalue weighted by Gasteiger charge is -2.17. The minimum atomic E-state index is -0.559. The van der Waals surface area contributed by atoms with Crippen molar-refractivity contribution in [3.63, 3.8) is 0 Å². The van der Waals surface area contributed by atoms with Gasteiger partial charge in [0.15, 0.2) is 11.5 Å². The van der Waals surface area contributed by atoms with E-state index in [0.29, 0.717) is 36.0 Å². The van der Waals surface area contributed by atoms with E-state index in [1.54, 1.807) is 18.2 Å². The van der Waals surface area contributed by atoms with Crippen molar-refractivity contribution >= 4 is 29.1 Å². The van der Waals surface area contributed by atoms with Gasteiger partial charge in [-0.3, -0.25) is 15.0 Å². The van der Waals surface area contributed by atoms with Gasteiger partial charge < -0.3 is 10.1 Å². The van der Waals surface area contributed by atoms with Crippen LogP contribution >= 0.6 is 11.6 Å². The molecule has 1 aromatic carbocycles. The van der Waals surface area contributed by atoms with Crippen LogP contribution in [0, 0.1) is 11.3 Å². The second kappa shape index (κ2) is 11.0. The third-order valence-corrected chi connectivity index (χ3v) is 3.58. The highest BCUT2D eigenvalue weighted by atomic mass is 35.5. The average Bonchev–Trinajstić information content (AvgIpc) is 2.70. The predicted molar refractivity (Wildman–Crippen MR) is 102 cm³/mol. The molecule has 0 spiro atoms. The molecule has 11 heteroatoms. The van der Waals surface area contributed by atoms with Crippen LogP contribution < -0.4 is 15.4 Å². The molecule has 2 rings (SSSR count). The van der Waals surface area contributed by atoms with Gasteiger partial charge in [0.1, 0.15) is 11.8 Å². The van der Waals surface area contributed by atoms with Crippen LogP contribution in [0.15, 0.2) is 30.6 Å². The third-order valence-electron chi connectivity index (χ3n) is 3.35. The number of ether oxygens (including phenoxy) is 1. The zero-order valence-electron chi connectivity index (χ0n) is 15.3. The fourth-order valence-corrected chi connectivity index (χ4v) is 2.25. The van der Waals surface area contributed by atoms with Gasteiger partial charge in [0.05, 0.1) is 45.5 Å². The molecule has 0 bridgehead atoms. The molecule has 2 amide bonds. The van der Waals surface area contributed by atoms with Gasteiger partial charge in [-0.25, -0.2) is 14.8 Å². The smallest absolute Gasteiger partial charge is 0.325 e. The molecule has 2 N–H and O–H groups in total. The summed E-state index contributed by atoms with van der Waals surface area (Å²) in [6.45, 7) is 0.865. The maximum absolute atomic E-state index is 12.2. The van der Waals surface area contributed by atoms with Crippen LogP contribution in [0.25, 0.3) is 0 Å². The van der Waals surface area contributed by atoms with Crippen LogP contribution in [0.2, 0.25) is 5.02 Å². The Kier molecular flexibility index (Phi) is 8.38.